The van der Waals surface area contributed by atoms with Crippen molar-refractivity contribution in [3.05, 3.63) is 95.3 Å². The lowest BCUT2D eigenvalue weighted by molar-refractivity contribution is 1.16. The minimum Gasteiger partial charge on any atom is -0.268 e. The molecule has 3 aromatic carbocycles. The average molecular weight is 354 g/mol. The van der Waals surface area contributed by atoms with Crippen LogP contribution in [0.3, 0.4) is 0 Å². The quantitative estimate of drug-likeness (QED) is 0.434. The second kappa shape index (κ2) is 5.93. The number of benzene rings is 3. The van der Waals surface area contributed by atoms with E-state index in [0.717, 1.165) is 32.6 Å². The first kappa shape index (κ1) is 15.0. The Bertz CT molecular complexity index is 1290. The molecule has 0 amide bonds. The van der Waals surface area contributed by atoms with Crippen molar-refractivity contribution < 1.29 is 0 Å². The first-order valence-corrected chi connectivity index (χ1v) is 9.20. The largest absolute Gasteiger partial charge is 0.268 e. The van der Waals surface area contributed by atoms with Crippen LogP contribution in [0.15, 0.2) is 89.7 Å². The summed E-state index contributed by atoms with van der Waals surface area (Å²) in [6.07, 6.45) is 0. The molecule has 5 aromatic rings. The van der Waals surface area contributed by atoms with Gasteiger partial charge in [0.1, 0.15) is 0 Å². The Balaban J connectivity index is 1.97. The predicted octanol–water partition coefficient (Wildman–Crippen LogP) is 5.24. The Morgan fingerprint density at radius 3 is 2.08 bits per heavy atom. The molecule has 0 spiro atoms. The van der Waals surface area contributed by atoms with Gasteiger partial charge in [-0.3, -0.25) is 4.79 Å². The molecule has 2 heterocycles. The molecule has 0 saturated heterocycles. The van der Waals surface area contributed by atoms with Crippen LogP contribution in [-0.2, 0) is 0 Å². The number of nitrogens with zero attached hydrogens (tertiary/aromatic N) is 2. The van der Waals surface area contributed by atoms with Crippen LogP contribution in [0.1, 0.15) is 0 Å². The molecule has 0 aliphatic carbocycles. The number of rotatable bonds is 2. The summed E-state index contributed by atoms with van der Waals surface area (Å²) >= 11 is 1.54. The molecule has 3 nitrogen and oxygen atoms in total. The smallest absolute Gasteiger partial charge is 0.266 e. The van der Waals surface area contributed by atoms with Crippen LogP contribution >= 0.6 is 11.3 Å². The number of hydrogen-bond acceptors (Lipinski definition) is 3. The Labute approximate surface area is 153 Å². The van der Waals surface area contributed by atoms with Crippen LogP contribution in [0, 0.1) is 0 Å². The molecular weight excluding hydrogens is 340 g/mol. The summed E-state index contributed by atoms with van der Waals surface area (Å²) in [5.41, 5.74) is 3.64. The van der Waals surface area contributed by atoms with E-state index in [0.29, 0.717) is 4.96 Å². The Hall–Kier alpha value is -3.24. The predicted molar refractivity (Wildman–Crippen MR) is 108 cm³/mol. The fourth-order valence-corrected chi connectivity index (χ4v) is 4.28. The van der Waals surface area contributed by atoms with Gasteiger partial charge in [-0.25, -0.2) is 9.38 Å². The molecule has 0 radical (unpaired) electrons. The summed E-state index contributed by atoms with van der Waals surface area (Å²) in [6.45, 7) is 0. The van der Waals surface area contributed by atoms with Crippen LogP contribution in [0.2, 0.25) is 0 Å². The second-order valence-electron chi connectivity index (χ2n) is 6.06. The van der Waals surface area contributed by atoms with E-state index >= 15 is 0 Å². The van der Waals surface area contributed by atoms with Crippen molar-refractivity contribution in [1.82, 2.24) is 9.38 Å². The maximum atomic E-state index is 13.3. The lowest BCUT2D eigenvalue weighted by atomic mass is 10.1. The van der Waals surface area contributed by atoms with Gasteiger partial charge in [0.2, 0.25) is 0 Å². The van der Waals surface area contributed by atoms with Crippen molar-refractivity contribution in [2.75, 3.05) is 0 Å². The van der Waals surface area contributed by atoms with Gasteiger partial charge in [0.25, 0.3) is 5.56 Å². The van der Waals surface area contributed by atoms with Crippen molar-refractivity contribution >= 4 is 26.4 Å². The van der Waals surface area contributed by atoms with Crippen LogP contribution < -0.4 is 5.56 Å². The molecule has 0 fully saturated rings. The van der Waals surface area contributed by atoms with Crippen LogP contribution in [0.4, 0.5) is 0 Å². The first-order valence-electron chi connectivity index (χ1n) is 8.38. The lowest BCUT2D eigenvalue weighted by Gasteiger charge is -2.05. The molecule has 2 aromatic heterocycles. The van der Waals surface area contributed by atoms with Crippen molar-refractivity contribution in [3.8, 4) is 22.5 Å². The fourth-order valence-electron chi connectivity index (χ4n) is 3.27. The van der Waals surface area contributed by atoms with Gasteiger partial charge in [0, 0.05) is 15.8 Å². The SMILES string of the molecule is O=c1c2ccccc2sc2nc(-c3ccccc3)c(-c3ccccc3)n12. The molecule has 5 rings (SSSR count). The number of imidazole rings is 1. The molecule has 124 valence electrons. The fraction of sp³-hybridized carbons (Fsp3) is 0. The van der Waals surface area contributed by atoms with Gasteiger partial charge in [-0.2, -0.15) is 0 Å². The summed E-state index contributed by atoms with van der Waals surface area (Å²) in [6, 6.07) is 27.7. The summed E-state index contributed by atoms with van der Waals surface area (Å²) in [4.78, 5) is 18.8. The van der Waals surface area contributed by atoms with E-state index in [1.54, 1.807) is 15.7 Å². The van der Waals surface area contributed by atoms with Gasteiger partial charge >= 0.3 is 0 Å². The van der Waals surface area contributed by atoms with E-state index in [1.807, 2.05) is 84.9 Å². The van der Waals surface area contributed by atoms with Gasteiger partial charge in [-0.15, -0.1) is 0 Å². The van der Waals surface area contributed by atoms with Crippen molar-refractivity contribution in [2.45, 2.75) is 0 Å². The summed E-state index contributed by atoms with van der Waals surface area (Å²) in [5.74, 6) is 0. The molecule has 0 N–H and O–H groups in total. The van der Waals surface area contributed by atoms with Crippen molar-refractivity contribution in [1.29, 1.82) is 0 Å². The molecule has 0 atom stereocenters. The first-order chi connectivity index (χ1) is 12.8. The van der Waals surface area contributed by atoms with Crippen molar-refractivity contribution in [2.24, 2.45) is 0 Å². The van der Waals surface area contributed by atoms with E-state index in [4.69, 9.17) is 4.98 Å². The Morgan fingerprint density at radius 1 is 0.731 bits per heavy atom. The monoisotopic (exact) mass is 354 g/mol. The van der Waals surface area contributed by atoms with E-state index in [-0.39, 0.29) is 5.56 Å². The van der Waals surface area contributed by atoms with Crippen LogP contribution in [-0.4, -0.2) is 9.38 Å². The minimum absolute atomic E-state index is 0.0251. The zero-order valence-corrected chi connectivity index (χ0v) is 14.6. The minimum atomic E-state index is -0.0251. The van der Waals surface area contributed by atoms with E-state index < -0.39 is 0 Å². The third kappa shape index (κ3) is 2.27. The highest BCUT2D eigenvalue weighted by atomic mass is 32.1. The topological polar surface area (TPSA) is 34.4 Å². The highest BCUT2D eigenvalue weighted by Gasteiger charge is 2.19. The molecule has 0 aliphatic rings. The number of aromatic nitrogens is 2. The zero-order valence-electron chi connectivity index (χ0n) is 13.8. The highest BCUT2D eigenvalue weighted by Crippen LogP contribution is 2.34. The maximum Gasteiger partial charge on any atom is 0.266 e. The summed E-state index contributed by atoms with van der Waals surface area (Å²) in [7, 11) is 0. The highest BCUT2D eigenvalue weighted by molar-refractivity contribution is 7.23. The summed E-state index contributed by atoms with van der Waals surface area (Å²) < 4.78 is 2.71. The third-order valence-electron chi connectivity index (χ3n) is 4.46. The second-order valence-corrected chi connectivity index (χ2v) is 7.07. The Morgan fingerprint density at radius 2 is 1.35 bits per heavy atom. The van der Waals surface area contributed by atoms with Gasteiger partial charge < -0.3 is 0 Å². The lowest BCUT2D eigenvalue weighted by Crippen LogP contribution is -2.12. The van der Waals surface area contributed by atoms with Crippen LogP contribution in [0.5, 0.6) is 0 Å². The Kier molecular flexibility index (Phi) is 3.43. The third-order valence-corrected chi connectivity index (χ3v) is 5.50. The molecule has 0 bridgehead atoms. The standard InChI is InChI=1S/C22H14N2OS/c25-21-17-13-7-8-14-18(17)26-22-23-19(15-9-3-1-4-10-15)20(24(21)22)16-11-5-2-6-12-16/h1-14H. The van der Waals surface area contributed by atoms with Gasteiger partial charge in [0.05, 0.1) is 16.8 Å². The van der Waals surface area contributed by atoms with Crippen molar-refractivity contribution in [3.63, 3.8) is 0 Å². The average Bonchev–Trinajstić information content (AvgIpc) is 3.09. The number of hydrogen-bond donors (Lipinski definition) is 0. The molecule has 0 aliphatic heterocycles. The van der Waals surface area contributed by atoms with E-state index in [2.05, 4.69) is 0 Å². The van der Waals surface area contributed by atoms with Gasteiger partial charge in [-0.05, 0) is 12.1 Å². The van der Waals surface area contributed by atoms with Gasteiger partial charge in [-0.1, -0.05) is 84.1 Å². The molecule has 0 unspecified atom stereocenters. The van der Waals surface area contributed by atoms with Gasteiger partial charge in [0.15, 0.2) is 4.96 Å². The summed E-state index contributed by atoms with van der Waals surface area (Å²) in [5, 5.41) is 0.721. The maximum absolute atomic E-state index is 13.3. The normalized spacial score (nSPS) is 11.2. The molecule has 4 heteroatoms. The molecule has 0 saturated carbocycles. The number of fused-ring (bicyclic) bond motifs is 2. The zero-order chi connectivity index (χ0) is 17.5. The van der Waals surface area contributed by atoms with E-state index in [1.165, 1.54) is 0 Å². The molecule has 26 heavy (non-hydrogen) atoms. The van der Waals surface area contributed by atoms with Crippen LogP contribution in [0.25, 0.3) is 37.6 Å². The van der Waals surface area contributed by atoms with E-state index in [9.17, 15) is 4.79 Å². The molecular formula is C22H14N2OS.